The van der Waals surface area contributed by atoms with Gasteiger partial charge in [-0.05, 0) is 47.9 Å². The summed E-state index contributed by atoms with van der Waals surface area (Å²) in [6, 6.07) is 7.77. The lowest BCUT2D eigenvalue weighted by atomic mass is 9.65. The lowest BCUT2D eigenvalue weighted by molar-refractivity contribution is -0.384. The van der Waals surface area contributed by atoms with Crippen LogP contribution in [0.5, 0.6) is 0 Å². The minimum absolute atomic E-state index is 0.00615. The van der Waals surface area contributed by atoms with E-state index in [0.717, 1.165) is 11.4 Å². The molecule has 0 fully saturated rings. The summed E-state index contributed by atoms with van der Waals surface area (Å²) in [5.74, 6) is 0.0838. The van der Waals surface area contributed by atoms with Crippen LogP contribution in [0, 0.1) is 20.9 Å². The summed E-state index contributed by atoms with van der Waals surface area (Å²) in [7, 11) is 0. The van der Waals surface area contributed by atoms with Crippen LogP contribution in [0.1, 0.15) is 65.1 Å². The number of furan rings is 1. The number of nitro benzene ring substituents is 1. The van der Waals surface area contributed by atoms with Crippen LogP contribution in [0.4, 0.5) is 5.69 Å². The third-order valence-electron chi connectivity index (χ3n) is 7.05. The van der Waals surface area contributed by atoms with Crippen molar-refractivity contribution in [1.82, 2.24) is 5.32 Å². The first kappa shape index (κ1) is 23.5. The Hall–Kier alpha value is -3.19. The summed E-state index contributed by atoms with van der Waals surface area (Å²) in [6.07, 6.45) is 2.13. The number of ketones is 2. The van der Waals surface area contributed by atoms with Crippen LogP contribution in [0.2, 0.25) is 5.02 Å². The van der Waals surface area contributed by atoms with Gasteiger partial charge in [-0.3, -0.25) is 19.7 Å². The fraction of sp³-hybridized carbons (Fsp3) is 0.407. The zero-order chi connectivity index (χ0) is 25.3. The molecule has 5 rings (SSSR count). The molecule has 0 atom stereocenters. The highest BCUT2D eigenvalue weighted by Crippen LogP contribution is 2.51. The maximum Gasteiger partial charge on any atom is 0.281 e. The second kappa shape index (κ2) is 7.92. The SMILES string of the molecule is CC1(C)CC(=O)C2=C(C1)NC1=C(C(=O)CC(C)(C)C1)C2c1ccc(-c2ccc(Cl)cc2[N+](=O)[O-])o1. The Morgan fingerprint density at radius 1 is 0.943 bits per heavy atom. The van der Waals surface area contributed by atoms with Gasteiger partial charge in [0.2, 0.25) is 0 Å². The molecule has 0 saturated heterocycles. The topological polar surface area (TPSA) is 102 Å². The molecule has 0 unspecified atom stereocenters. The quantitative estimate of drug-likeness (QED) is 0.387. The van der Waals surface area contributed by atoms with Crippen LogP contribution in [0.25, 0.3) is 11.3 Å². The van der Waals surface area contributed by atoms with Gasteiger partial charge in [0.1, 0.15) is 11.5 Å². The average Bonchev–Trinajstić information content (AvgIpc) is 3.20. The third kappa shape index (κ3) is 4.12. The Morgan fingerprint density at radius 2 is 1.51 bits per heavy atom. The summed E-state index contributed by atoms with van der Waals surface area (Å²) >= 11 is 5.98. The molecular weight excluding hydrogens is 468 g/mol. The van der Waals surface area contributed by atoms with Gasteiger partial charge in [0, 0.05) is 46.5 Å². The summed E-state index contributed by atoms with van der Waals surface area (Å²) in [4.78, 5) is 38.0. The van der Waals surface area contributed by atoms with E-state index >= 15 is 0 Å². The predicted molar refractivity (Wildman–Crippen MR) is 132 cm³/mol. The number of hydrogen-bond acceptors (Lipinski definition) is 6. The molecule has 182 valence electrons. The predicted octanol–water partition coefficient (Wildman–Crippen LogP) is 6.48. The van der Waals surface area contributed by atoms with E-state index in [1.165, 1.54) is 6.07 Å². The molecular formula is C27H27ClN2O5. The molecule has 1 N–H and O–H groups in total. The monoisotopic (exact) mass is 494 g/mol. The van der Waals surface area contributed by atoms with Crippen molar-refractivity contribution in [3.8, 4) is 11.3 Å². The molecule has 0 bridgehead atoms. The second-order valence-electron chi connectivity index (χ2n) is 11.3. The van der Waals surface area contributed by atoms with Crippen molar-refractivity contribution in [1.29, 1.82) is 0 Å². The Kier molecular flexibility index (Phi) is 5.33. The van der Waals surface area contributed by atoms with Crippen molar-refractivity contribution in [2.45, 2.75) is 59.3 Å². The lowest BCUT2D eigenvalue weighted by Gasteiger charge is -2.43. The number of allylic oxidation sites excluding steroid dienone is 4. The van der Waals surface area contributed by atoms with Gasteiger partial charge in [0.15, 0.2) is 11.6 Å². The smallest absolute Gasteiger partial charge is 0.281 e. The van der Waals surface area contributed by atoms with Gasteiger partial charge in [-0.2, -0.15) is 0 Å². The van der Waals surface area contributed by atoms with Crippen molar-refractivity contribution >= 4 is 28.9 Å². The molecule has 0 radical (unpaired) electrons. The minimum atomic E-state index is -0.631. The average molecular weight is 495 g/mol. The van der Waals surface area contributed by atoms with E-state index in [0.29, 0.717) is 48.3 Å². The first-order chi connectivity index (χ1) is 16.3. The second-order valence-corrected chi connectivity index (χ2v) is 11.8. The molecule has 2 aliphatic carbocycles. The number of rotatable bonds is 3. The Labute approximate surface area is 208 Å². The van der Waals surface area contributed by atoms with Crippen molar-refractivity contribution in [2.75, 3.05) is 0 Å². The highest BCUT2D eigenvalue weighted by Gasteiger charge is 2.47. The lowest BCUT2D eigenvalue weighted by Crippen LogP contribution is -2.42. The highest BCUT2D eigenvalue weighted by molar-refractivity contribution is 6.30. The van der Waals surface area contributed by atoms with Gasteiger partial charge in [-0.15, -0.1) is 0 Å². The van der Waals surface area contributed by atoms with Crippen LogP contribution >= 0.6 is 11.6 Å². The highest BCUT2D eigenvalue weighted by atomic mass is 35.5. The van der Waals surface area contributed by atoms with E-state index in [9.17, 15) is 19.7 Å². The van der Waals surface area contributed by atoms with E-state index in [1.807, 2.05) is 0 Å². The van der Waals surface area contributed by atoms with Crippen LogP contribution in [0.3, 0.4) is 0 Å². The standard InChI is InChI=1S/C27H27ClN2O5/c1-26(2)10-16-23(19(31)12-26)25(24-17(29-16)11-27(3,4)13-20(24)32)22-8-7-21(35-22)15-6-5-14(28)9-18(15)30(33)34/h5-9,25,29H,10-13H2,1-4H3. The molecule has 0 spiro atoms. The summed E-state index contributed by atoms with van der Waals surface area (Å²) in [5.41, 5.74) is 2.55. The van der Waals surface area contributed by atoms with Gasteiger partial charge in [0.25, 0.3) is 5.69 Å². The zero-order valence-corrected chi connectivity index (χ0v) is 20.9. The van der Waals surface area contributed by atoms with E-state index in [4.69, 9.17) is 16.0 Å². The van der Waals surface area contributed by atoms with E-state index in [1.54, 1.807) is 24.3 Å². The number of Topliss-reactive ketones (excluding diaryl/α,β-unsaturated/α-hetero) is 2. The van der Waals surface area contributed by atoms with Crippen LogP contribution in [-0.2, 0) is 9.59 Å². The van der Waals surface area contributed by atoms with Crippen molar-refractivity contribution in [2.24, 2.45) is 10.8 Å². The molecule has 7 nitrogen and oxygen atoms in total. The minimum Gasteiger partial charge on any atom is -0.460 e. The number of carbonyl (C=O) groups is 2. The molecule has 0 amide bonds. The fourth-order valence-electron chi connectivity index (χ4n) is 5.69. The number of nitrogens with one attached hydrogen (secondary N) is 1. The van der Waals surface area contributed by atoms with Crippen molar-refractivity contribution in [3.05, 3.63) is 73.8 Å². The molecule has 1 aliphatic heterocycles. The number of hydrogen-bond donors (Lipinski definition) is 1. The number of nitrogens with zero attached hydrogens (tertiary/aromatic N) is 1. The number of halogens is 1. The van der Waals surface area contributed by atoms with Crippen LogP contribution in [-0.4, -0.2) is 16.5 Å². The molecule has 3 aliphatic rings. The molecule has 2 aromatic rings. The Balaban J connectivity index is 1.67. The summed E-state index contributed by atoms with van der Waals surface area (Å²) in [5, 5.41) is 15.4. The molecule has 35 heavy (non-hydrogen) atoms. The normalized spacial score (nSPS) is 21.5. The first-order valence-electron chi connectivity index (χ1n) is 11.7. The van der Waals surface area contributed by atoms with Gasteiger partial charge >= 0.3 is 0 Å². The van der Waals surface area contributed by atoms with Crippen molar-refractivity contribution in [3.63, 3.8) is 0 Å². The molecule has 8 heteroatoms. The number of benzene rings is 1. The molecule has 0 saturated carbocycles. The van der Waals surface area contributed by atoms with Gasteiger partial charge < -0.3 is 9.73 Å². The maximum absolute atomic E-state index is 13.4. The molecule has 1 aromatic carbocycles. The van der Waals surface area contributed by atoms with Crippen LogP contribution < -0.4 is 5.32 Å². The third-order valence-corrected chi connectivity index (χ3v) is 7.29. The zero-order valence-electron chi connectivity index (χ0n) is 20.2. The van der Waals surface area contributed by atoms with Gasteiger partial charge in [-0.1, -0.05) is 39.3 Å². The number of dihydropyridines is 1. The summed E-state index contributed by atoms with van der Waals surface area (Å²) in [6.45, 7) is 8.26. The summed E-state index contributed by atoms with van der Waals surface area (Å²) < 4.78 is 6.19. The van der Waals surface area contributed by atoms with Crippen molar-refractivity contribution < 1.29 is 18.9 Å². The van der Waals surface area contributed by atoms with E-state index in [-0.39, 0.29) is 38.7 Å². The number of nitro groups is 1. The Bertz CT molecular complexity index is 1310. The Morgan fingerprint density at radius 3 is 2.06 bits per heavy atom. The van der Waals surface area contributed by atoms with Gasteiger partial charge in [0.05, 0.1) is 16.4 Å². The fourth-order valence-corrected chi connectivity index (χ4v) is 5.86. The number of carbonyl (C=O) groups excluding carboxylic acids is 2. The van der Waals surface area contributed by atoms with Crippen LogP contribution in [0.15, 0.2) is 57.3 Å². The maximum atomic E-state index is 13.4. The first-order valence-corrected chi connectivity index (χ1v) is 12.1. The molecule has 1 aromatic heterocycles. The van der Waals surface area contributed by atoms with E-state index < -0.39 is 10.8 Å². The van der Waals surface area contributed by atoms with Gasteiger partial charge in [-0.25, -0.2) is 0 Å². The molecule has 2 heterocycles. The van der Waals surface area contributed by atoms with E-state index in [2.05, 4.69) is 33.0 Å². The largest absolute Gasteiger partial charge is 0.460 e.